The van der Waals surface area contributed by atoms with E-state index >= 15 is 0 Å². The molecule has 39 heavy (non-hydrogen) atoms. The summed E-state index contributed by atoms with van der Waals surface area (Å²) < 4.78 is 8.43. The first kappa shape index (κ1) is 24.8. The second kappa shape index (κ2) is 10.7. The molecule has 1 atom stereocenters. The number of benzene rings is 1. The standard InChI is InChI=1S/C28H29N9O2/c1-2-20-15-31-27(32-16-20)35-10-8-34(9-11-35)26-22(14-29)13-23(17-30-26)21-3-5-24(6-4-21)36-19-33-37(28(36)38)25-7-12-39-18-25/h3-6,13,15-17,19,25H,2,7-12,18H2,1H3. The number of aromatic nitrogens is 6. The van der Waals surface area contributed by atoms with Crippen LogP contribution in [0.3, 0.4) is 0 Å². The molecule has 0 spiro atoms. The minimum Gasteiger partial charge on any atom is -0.379 e. The normalized spacial score (nSPS) is 17.4. The van der Waals surface area contributed by atoms with E-state index in [1.54, 1.807) is 12.5 Å². The number of pyridine rings is 1. The lowest BCUT2D eigenvalue weighted by Crippen LogP contribution is -2.47. The molecule has 1 unspecified atom stereocenters. The quantitative estimate of drug-likeness (QED) is 0.376. The molecule has 0 amide bonds. The monoisotopic (exact) mass is 523 g/mol. The first-order valence-electron chi connectivity index (χ1n) is 13.2. The van der Waals surface area contributed by atoms with Crippen LogP contribution >= 0.6 is 0 Å². The maximum atomic E-state index is 12.9. The number of piperazine rings is 1. The molecule has 11 nitrogen and oxygen atoms in total. The molecule has 0 saturated carbocycles. The minimum absolute atomic E-state index is 0.0179. The number of aryl methyl sites for hydroxylation is 1. The lowest BCUT2D eigenvalue weighted by atomic mass is 10.0. The van der Waals surface area contributed by atoms with Crippen LogP contribution in [0.2, 0.25) is 0 Å². The molecule has 0 radical (unpaired) electrons. The van der Waals surface area contributed by atoms with Crippen LogP contribution in [-0.4, -0.2) is 68.7 Å². The second-order valence-corrected chi connectivity index (χ2v) is 9.72. The van der Waals surface area contributed by atoms with Gasteiger partial charge in [0.15, 0.2) is 0 Å². The maximum absolute atomic E-state index is 12.9. The van der Waals surface area contributed by atoms with Crippen molar-refractivity contribution in [1.29, 1.82) is 5.26 Å². The van der Waals surface area contributed by atoms with Gasteiger partial charge in [0.05, 0.1) is 23.9 Å². The Kier molecular flexibility index (Phi) is 6.77. The molecule has 0 aliphatic carbocycles. The lowest BCUT2D eigenvalue weighted by Gasteiger charge is -2.35. The molecular formula is C28H29N9O2. The molecule has 2 aliphatic rings. The van der Waals surface area contributed by atoms with E-state index in [0.29, 0.717) is 24.6 Å². The Morgan fingerprint density at radius 1 is 1.00 bits per heavy atom. The van der Waals surface area contributed by atoms with Gasteiger partial charge in [0.2, 0.25) is 5.95 Å². The van der Waals surface area contributed by atoms with Crippen molar-refractivity contribution in [2.75, 3.05) is 49.2 Å². The van der Waals surface area contributed by atoms with Crippen LogP contribution in [0.15, 0.2) is 60.0 Å². The third kappa shape index (κ3) is 4.86. The molecule has 0 bridgehead atoms. The fraction of sp³-hybridized carbons (Fsp3) is 0.357. The summed E-state index contributed by atoms with van der Waals surface area (Å²) in [6.07, 6.45) is 8.81. The maximum Gasteiger partial charge on any atom is 0.350 e. The largest absolute Gasteiger partial charge is 0.379 e. The first-order chi connectivity index (χ1) is 19.1. The van der Waals surface area contributed by atoms with Crippen molar-refractivity contribution in [2.45, 2.75) is 25.8 Å². The third-order valence-corrected chi connectivity index (χ3v) is 7.37. The minimum atomic E-state index is -0.180. The van der Waals surface area contributed by atoms with Gasteiger partial charge in [0, 0.05) is 56.9 Å². The SMILES string of the molecule is CCc1cnc(N2CCN(c3ncc(-c4ccc(-n5cnn(C6CCOC6)c5=O)cc4)cc3C#N)CC2)nc1. The van der Waals surface area contributed by atoms with Crippen LogP contribution in [0.25, 0.3) is 16.8 Å². The van der Waals surface area contributed by atoms with Crippen molar-refractivity contribution in [3.8, 4) is 22.9 Å². The molecule has 0 N–H and O–H groups in total. The summed E-state index contributed by atoms with van der Waals surface area (Å²) in [7, 11) is 0. The molecule has 4 aromatic rings. The molecule has 2 fully saturated rings. The summed E-state index contributed by atoms with van der Waals surface area (Å²) >= 11 is 0. The van der Waals surface area contributed by atoms with E-state index in [1.807, 2.05) is 42.7 Å². The second-order valence-electron chi connectivity index (χ2n) is 9.72. The van der Waals surface area contributed by atoms with E-state index in [9.17, 15) is 10.1 Å². The van der Waals surface area contributed by atoms with E-state index in [2.05, 4.69) is 42.8 Å². The molecule has 2 saturated heterocycles. The summed E-state index contributed by atoms with van der Waals surface area (Å²) in [5.74, 6) is 1.43. The Labute approximate surface area is 225 Å². The average molecular weight is 524 g/mol. The van der Waals surface area contributed by atoms with Gasteiger partial charge in [-0.3, -0.25) is 0 Å². The molecule has 3 aromatic heterocycles. The van der Waals surface area contributed by atoms with Crippen molar-refractivity contribution in [3.63, 3.8) is 0 Å². The smallest absolute Gasteiger partial charge is 0.350 e. The zero-order valence-electron chi connectivity index (χ0n) is 21.8. The number of ether oxygens (including phenoxy) is 1. The third-order valence-electron chi connectivity index (χ3n) is 7.37. The molecular weight excluding hydrogens is 494 g/mol. The summed E-state index contributed by atoms with van der Waals surface area (Å²) in [5.41, 5.74) is 3.96. The topological polar surface area (TPSA) is 118 Å². The van der Waals surface area contributed by atoms with Crippen LogP contribution in [0, 0.1) is 11.3 Å². The van der Waals surface area contributed by atoms with Crippen molar-refractivity contribution < 1.29 is 4.74 Å². The summed E-state index contributed by atoms with van der Waals surface area (Å²) in [4.78, 5) is 30.8. The number of nitrogens with zero attached hydrogens (tertiary/aromatic N) is 9. The number of hydrogen-bond acceptors (Lipinski definition) is 9. The van der Waals surface area contributed by atoms with Gasteiger partial charge in [-0.15, -0.1) is 0 Å². The highest BCUT2D eigenvalue weighted by Crippen LogP contribution is 2.27. The summed E-state index contributed by atoms with van der Waals surface area (Å²) in [6.45, 7) is 6.21. The van der Waals surface area contributed by atoms with Crippen molar-refractivity contribution in [3.05, 3.63) is 76.9 Å². The molecule has 11 heteroatoms. The van der Waals surface area contributed by atoms with Crippen LogP contribution in [0.4, 0.5) is 11.8 Å². The summed E-state index contributed by atoms with van der Waals surface area (Å²) in [5, 5.41) is 14.2. The van der Waals surface area contributed by atoms with E-state index in [0.717, 1.165) is 67.3 Å². The highest BCUT2D eigenvalue weighted by atomic mass is 16.5. The van der Waals surface area contributed by atoms with Crippen LogP contribution < -0.4 is 15.5 Å². The van der Waals surface area contributed by atoms with Gasteiger partial charge >= 0.3 is 5.69 Å². The van der Waals surface area contributed by atoms with Gasteiger partial charge in [-0.05, 0) is 42.2 Å². The highest BCUT2D eigenvalue weighted by molar-refractivity contribution is 5.69. The molecule has 1 aromatic carbocycles. The van der Waals surface area contributed by atoms with Gasteiger partial charge in [0.1, 0.15) is 18.2 Å². The van der Waals surface area contributed by atoms with Crippen molar-refractivity contribution in [1.82, 2.24) is 29.3 Å². The molecule has 5 heterocycles. The van der Waals surface area contributed by atoms with E-state index in [1.165, 1.54) is 9.25 Å². The molecule has 198 valence electrons. The predicted octanol–water partition coefficient (Wildman–Crippen LogP) is 2.61. The van der Waals surface area contributed by atoms with Gasteiger partial charge in [-0.2, -0.15) is 10.4 Å². The van der Waals surface area contributed by atoms with Gasteiger partial charge in [-0.1, -0.05) is 19.1 Å². The molecule has 2 aliphatic heterocycles. The lowest BCUT2D eigenvalue weighted by molar-refractivity contribution is 0.183. The Morgan fingerprint density at radius 3 is 2.41 bits per heavy atom. The van der Waals surface area contributed by atoms with Gasteiger partial charge < -0.3 is 14.5 Å². The first-order valence-corrected chi connectivity index (χ1v) is 13.2. The zero-order valence-corrected chi connectivity index (χ0v) is 21.8. The van der Waals surface area contributed by atoms with E-state index in [4.69, 9.17) is 4.74 Å². The van der Waals surface area contributed by atoms with Crippen molar-refractivity contribution in [2.24, 2.45) is 0 Å². The Bertz CT molecular complexity index is 1540. The fourth-order valence-corrected chi connectivity index (χ4v) is 5.04. The fourth-order valence-electron chi connectivity index (χ4n) is 5.04. The Morgan fingerprint density at radius 2 is 1.74 bits per heavy atom. The van der Waals surface area contributed by atoms with Gasteiger partial charge in [0.25, 0.3) is 0 Å². The molecule has 6 rings (SSSR count). The van der Waals surface area contributed by atoms with Crippen LogP contribution in [-0.2, 0) is 11.2 Å². The van der Waals surface area contributed by atoms with Crippen LogP contribution in [0.1, 0.15) is 30.5 Å². The van der Waals surface area contributed by atoms with E-state index in [-0.39, 0.29) is 11.7 Å². The Hall–Kier alpha value is -4.56. The number of anilines is 2. The van der Waals surface area contributed by atoms with Crippen molar-refractivity contribution >= 4 is 11.8 Å². The van der Waals surface area contributed by atoms with Gasteiger partial charge in [-0.25, -0.2) is 29.0 Å². The van der Waals surface area contributed by atoms with Crippen LogP contribution in [0.5, 0.6) is 0 Å². The number of hydrogen-bond donors (Lipinski definition) is 0. The Balaban J connectivity index is 1.16. The predicted molar refractivity (Wildman–Crippen MR) is 146 cm³/mol. The number of rotatable bonds is 6. The van der Waals surface area contributed by atoms with E-state index < -0.39 is 0 Å². The summed E-state index contributed by atoms with van der Waals surface area (Å²) in [6, 6.07) is 11.8. The number of nitriles is 1. The average Bonchev–Trinajstić information content (AvgIpc) is 3.67. The zero-order chi connectivity index (χ0) is 26.8. The highest BCUT2D eigenvalue weighted by Gasteiger charge is 2.23.